The Labute approximate surface area is 128 Å². The van der Waals surface area contributed by atoms with Crippen molar-refractivity contribution in [3.63, 3.8) is 0 Å². The van der Waals surface area contributed by atoms with Gasteiger partial charge < -0.3 is 14.4 Å². The van der Waals surface area contributed by atoms with Gasteiger partial charge in [0.2, 0.25) is 0 Å². The normalized spacial score (nSPS) is 24.7. The van der Waals surface area contributed by atoms with E-state index in [0.717, 1.165) is 28.4 Å². The lowest BCUT2D eigenvalue weighted by Gasteiger charge is -2.37. The molecule has 6 heteroatoms. The third-order valence-corrected chi connectivity index (χ3v) is 5.87. The van der Waals surface area contributed by atoms with Gasteiger partial charge in [0.05, 0.1) is 23.9 Å². The van der Waals surface area contributed by atoms with Crippen molar-refractivity contribution in [2.24, 2.45) is 0 Å². The smallest absolute Gasteiger partial charge is 0.265 e. The molecule has 0 atom stereocenters. The number of likely N-dealkylation sites (tertiary alicyclic amines) is 1. The Balaban J connectivity index is 1.45. The number of piperidine rings is 1. The number of hydrogen-bond donors (Lipinski definition) is 0. The van der Waals surface area contributed by atoms with E-state index in [4.69, 9.17) is 9.47 Å². The topological polar surface area (TPSA) is 51.7 Å². The number of nitrogens with zero attached hydrogens (tertiary/aromatic N) is 2. The Hall–Kier alpha value is -0.980. The summed E-state index contributed by atoms with van der Waals surface area (Å²) in [4.78, 5) is 20.0. The van der Waals surface area contributed by atoms with Gasteiger partial charge in [-0.2, -0.15) is 0 Å². The molecule has 1 spiro atoms. The van der Waals surface area contributed by atoms with Crippen molar-refractivity contribution in [2.75, 3.05) is 26.3 Å². The van der Waals surface area contributed by atoms with Crippen LogP contribution in [0.5, 0.6) is 0 Å². The van der Waals surface area contributed by atoms with Crippen LogP contribution in [0.25, 0.3) is 0 Å². The average Bonchev–Trinajstić information content (AvgIpc) is 3.14. The van der Waals surface area contributed by atoms with Gasteiger partial charge >= 0.3 is 0 Å². The van der Waals surface area contributed by atoms with E-state index in [9.17, 15) is 4.79 Å². The van der Waals surface area contributed by atoms with Gasteiger partial charge in [0.1, 0.15) is 4.88 Å². The summed E-state index contributed by atoms with van der Waals surface area (Å²) in [7, 11) is 0. The maximum atomic E-state index is 12.7. The molecule has 21 heavy (non-hydrogen) atoms. The molecule has 0 N–H and O–H groups in total. The fourth-order valence-corrected chi connectivity index (χ4v) is 4.30. The van der Waals surface area contributed by atoms with Crippen molar-refractivity contribution in [3.05, 3.63) is 15.6 Å². The van der Waals surface area contributed by atoms with Gasteiger partial charge in [-0.15, -0.1) is 11.3 Å². The van der Waals surface area contributed by atoms with E-state index >= 15 is 0 Å². The van der Waals surface area contributed by atoms with Crippen molar-refractivity contribution < 1.29 is 14.3 Å². The van der Waals surface area contributed by atoms with Crippen LogP contribution >= 0.6 is 11.3 Å². The third kappa shape index (κ3) is 2.49. The zero-order chi connectivity index (χ0) is 14.4. The fourth-order valence-electron chi connectivity index (χ4n) is 3.10. The molecule has 1 amide bonds. The summed E-state index contributed by atoms with van der Waals surface area (Å²) in [5.41, 5.74) is 0.889. The maximum absolute atomic E-state index is 12.7. The number of rotatable bonds is 2. The van der Waals surface area contributed by atoms with E-state index < -0.39 is 5.79 Å². The largest absolute Gasteiger partial charge is 0.347 e. The molecule has 5 nitrogen and oxygen atoms in total. The standard InChI is InChI=1S/C15H20N2O3S/c1-10-12(21-13(16-10)11-2-3-11)14(18)17-6-4-15(5-7-17)19-8-9-20-15/h11H,2-9H2,1H3. The molecule has 2 saturated heterocycles. The van der Waals surface area contributed by atoms with Gasteiger partial charge in [-0.25, -0.2) is 4.98 Å². The summed E-state index contributed by atoms with van der Waals surface area (Å²) in [6.07, 6.45) is 3.99. The minimum Gasteiger partial charge on any atom is -0.347 e. The average molecular weight is 308 g/mol. The van der Waals surface area contributed by atoms with Crippen LogP contribution in [-0.2, 0) is 9.47 Å². The highest BCUT2D eigenvalue weighted by atomic mass is 32.1. The Morgan fingerprint density at radius 2 is 1.95 bits per heavy atom. The number of carbonyl (C=O) groups is 1. The molecule has 114 valence electrons. The Kier molecular flexibility index (Phi) is 3.28. The van der Waals surface area contributed by atoms with E-state index in [1.165, 1.54) is 12.8 Å². The van der Waals surface area contributed by atoms with Crippen LogP contribution in [0.1, 0.15) is 52.0 Å². The van der Waals surface area contributed by atoms with E-state index in [0.29, 0.717) is 32.2 Å². The zero-order valence-corrected chi connectivity index (χ0v) is 13.1. The van der Waals surface area contributed by atoms with Gasteiger partial charge in [0, 0.05) is 31.8 Å². The monoisotopic (exact) mass is 308 g/mol. The Bertz CT molecular complexity index is 551. The van der Waals surface area contributed by atoms with Gasteiger partial charge in [0.15, 0.2) is 5.79 Å². The van der Waals surface area contributed by atoms with Crippen molar-refractivity contribution >= 4 is 17.2 Å². The summed E-state index contributed by atoms with van der Waals surface area (Å²) < 4.78 is 11.4. The molecule has 0 radical (unpaired) electrons. The van der Waals surface area contributed by atoms with E-state index in [1.807, 2.05) is 11.8 Å². The SMILES string of the molecule is Cc1nc(C2CC2)sc1C(=O)N1CCC2(CC1)OCCO2. The summed E-state index contributed by atoms with van der Waals surface area (Å²) >= 11 is 1.59. The first-order valence-electron chi connectivity index (χ1n) is 7.71. The second-order valence-electron chi connectivity index (χ2n) is 6.14. The number of thiazole rings is 1. The molecule has 2 aliphatic heterocycles. The van der Waals surface area contributed by atoms with Crippen LogP contribution in [0.2, 0.25) is 0 Å². The molecule has 3 heterocycles. The molecule has 3 aliphatic rings. The van der Waals surface area contributed by atoms with Crippen molar-refractivity contribution in [1.82, 2.24) is 9.88 Å². The summed E-state index contributed by atoms with van der Waals surface area (Å²) in [6.45, 7) is 4.70. The third-order valence-electron chi connectivity index (χ3n) is 4.56. The summed E-state index contributed by atoms with van der Waals surface area (Å²) in [5.74, 6) is 0.323. The van der Waals surface area contributed by atoms with Gasteiger partial charge in [-0.1, -0.05) is 0 Å². The van der Waals surface area contributed by atoms with Crippen LogP contribution in [0.4, 0.5) is 0 Å². The van der Waals surface area contributed by atoms with Crippen LogP contribution in [0.3, 0.4) is 0 Å². The minimum atomic E-state index is -0.418. The zero-order valence-electron chi connectivity index (χ0n) is 12.3. The molecule has 1 aliphatic carbocycles. The molecule has 3 fully saturated rings. The first kappa shape index (κ1) is 13.7. The van der Waals surface area contributed by atoms with Crippen molar-refractivity contribution in [2.45, 2.75) is 44.3 Å². The summed E-state index contributed by atoms with van der Waals surface area (Å²) in [5, 5.41) is 1.15. The highest BCUT2D eigenvalue weighted by Gasteiger charge is 2.41. The van der Waals surface area contributed by atoms with E-state index in [2.05, 4.69) is 4.98 Å². The lowest BCUT2D eigenvalue weighted by molar-refractivity contribution is -0.181. The molecule has 4 rings (SSSR count). The predicted octanol–water partition coefficient (Wildman–Crippen LogP) is 2.31. The van der Waals surface area contributed by atoms with Gasteiger partial charge in [-0.05, 0) is 19.8 Å². The molecule has 1 aromatic rings. The van der Waals surface area contributed by atoms with Crippen LogP contribution in [-0.4, -0.2) is 47.9 Å². The highest BCUT2D eigenvalue weighted by molar-refractivity contribution is 7.13. The highest BCUT2D eigenvalue weighted by Crippen LogP contribution is 2.43. The Morgan fingerprint density at radius 1 is 1.29 bits per heavy atom. The quantitative estimate of drug-likeness (QED) is 0.841. The lowest BCUT2D eigenvalue weighted by atomic mass is 10.0. The molecule has 0 aromatic carbocycles. The van der Waals surface area contributed by atoms with Crippen LogP contribution in [0, 0.1) is 6.92 Å². The molecular weight excluding hydrogens is 288 g/mol. The van der Waals surface area contributed by atoms with E-state index in [1.54, 1.807) is 11.3 Å². The van der Waals surface area contributed by atoms with Crippen LogP contribution < -0.4 is 0 Å². The maximum Gasteiger partial charge on any atom is 0.265 e. The molecular formula is C15H20N2O3S. The van der Waals surface area contributed by atoms with Gasteiger partial charge in [0.25, 0.3) is 5.91 Å². The predicted molar refractivity (Wildman–Crippen MR) is 78.6 cm³/mol. The van der Waals surface area contributed by atoms with Gasteiger partial charge in [-0.3, -0.25) is 4.79 Å². The molecule has 1 aromatic heterocycles. The number of aromatic nitrogens is 1. The number of carbonyl (C=O) groups excluding carboxylic acids is 1. The minimum absolute atomic E-state index is 0.129. The first-order valence-corrected chi connectivity index (χ1v) is 8.53. The Morgan fingerprint density at radius 3 is 2.57 bits per heavy atom. The fraction of sp³-hybridized carbons (Fsp3) is 0.733. The summed E-state index contributed by atoms with van der Waals surface area (Å²) in [6, 6.07) is 0. The number of aryl methyl sites for hydroxylation is 1. The molecule has 0 bridgehead atoms. The lowest BCUT2D eigenvalue weighted by Crippen LogP contribution is -2.47. The number of hydrogen-bond acceptors (Lipinski definition) is 5. The molecule has 0 unspecified atom stereocenters. The van der Waals surface area contributed by atoms with Crippen LogP contribution in [0.15, 0.2) is 0 Å². The van der Waals surface area contributed by atoms with E-state index in [-0.39, 0.29) is 5.91 Å². The second kappa shape index (κ2) is 5.04. The number of amides is 1. The second-order valence-corrected chi connectivity index (χ2v) is 7.17. The van der Waals surface area contributed by atoms with Crippen molar-refractivity contribution in [3.8, 4) is 0 Å². The van der Waals surface area contributed by atoms with Crippen molar-refractivity contribution in [1.29, 1.82) is 0 Å². The molecule has 1 saturated carbocycles. The first-order chi connectivity index (χ1) is 10.2. The number of ether oxygens (including phenoxy) is 2.